The molecule has 5 heteroatoms. The highest BCUT2D eigenvalue weighted by Crippen LogP contribution is 2.28. The lowest BCUT2D eigenvalue weighted by atomic mass is 9.95. The summed E-state index contributed by atoms with van der Waals surface area (Å²) < 4.78 is 0. The van der Waals surface area contributed by atoms with E-state index in [0.29, 0.717) is 18.7 Å². The third kappa shape index (κ3) is 2.12. The summed E-state index contributed by atoms with van der Waals surface area (Å²) in [5.41, 5.74) is 1.61. The molecule has 0 aromatic heterocycles. The van der Waals surface area contributed by atoms with Crippen molar-refractivity contribution < 1.29 is 15.0 Å². The van der Waals surface area contributed by atoms with Crippen LogP contribution in [0.3, 0.4) is 0 Å². The molecule has 1 saturated heterocycles. The van der Waals surface area contributed by atoms with Crippen LogP contribution in [0.15, 0.2) is 16.3 Å². The fraction of sp³-hybridized carbons (Fsp3) is 0.667. The minimum absolute atomic E-state index is 0.0122. The summed E-state index contributed by atoms with van der Waals surface area (Å²) in [5, 5.41) is 18.9. The van der Waals surface area contributed by atoms with Gasteiger partial charge in [0.25, 0.3) is 0 Å². The van der Waals surface area contributed by atoms with Crippen LogP contribution in [0.25, 0.3) is 0 Å². The maximum Gasteiger partial charge on any atom is 0.146 e. The van der Waals surface area contributed by atoms with E-state index < -0.39 is 6.10 Å². The Morgan fingerprint density at radius 1 is 1.59 bits per heavy atom. The minimum atomic E-state index is -0.572. The average molecular weight is 238 g/mol. The van der Waals surface area contributed by atoms with E-state index in [1.165, 1.54) is 0 Å². The molecule has 2 aliphatic rings. The Morgan fingerprint density at radius 3 is 3.00 bits per heavy atom. The van der Waals surface area contributed by atoms with E-state index in [1.807, 2.05) is 11.8 Å². The highest BCUT2D eigenvalue weighted by atomic mass is 16.3. The number of hydrogen-bond donors (Lipinski definition) is 2. The van der Waals surface area contributed by atoms with Crippen molar-refractivity contribution in [2.24, 2.45) is 4.99 Å². The lowest BCUT2D eigenvalue weighted by Gasteiger charge is -2.41. The first-order valence-electron chi connectivity index (χ1n) is 5.98. The number of aldehydes is 1. The molecule has 94 valence electrons. The van der Waals surface area contributed by atoms with Crippen molar-refractivity contribution in [3.63, 3.8) is 0 Å². The van der Waals surface area contributed by atoms with Gasteiger partial charge in [-0.25, -0.2) is 4.99 Å². The Hall–Kier alpha value is -1.20. The van der Waals surface area contributed by atoms with Gasteiger partial charge in [0.05, 0.1) is 0 Å². The van der Waals surface area contributed by atoms with E-state index in [4.69, 9.17) is 5.11 Å². The fourth-order valence-corrected chi connectivity index (χ4v) is 2.56. The lowest BCUT2D eigenvalue weighted by Crippen LogP contribution is -2.52. The summed E-state index contributed by atoms with van der Waals surface area (Å²) in [5.74, 6) is 0.604. The largest absolute Gasteiger partial charge is 0.396 e. The van der Waals surface area contributed by atoms with E-state index in [0.717, 1.165) is 30.5 Å². The second kappa shape index (κ2) is 4.98. The maximum absolute atomic E-state index is 11.3. The molecule has 0 aromatic rings. The Labute approximate surface area is 100 Å². The topological polar surface area (TPSA) is 73.1 Å². The second-order valence-corrected chi connectivity index (χ2v) is 4.49. The molecule has 2 heterocycles. The zero-order valence-corrected chi connectivity index (χ0v) is 9.96. The van der Waals surface area contributed by atoms with Crippen molar-refractivity contribution in [2.75, 3.05) is 13.2 Å². The van der Waals surface area contributed by atoms with Crippen LogP contribution >= 0.6 is 0 Å². The van der Waals surface area contributed by atoms with Crippen molar-refractivity contribution in [3.05, 3.63) is 11.3 Å². The first kappa shape index (κ1) is 12.3. The van der Waals surface area contributed by atoms with E-state index in [9.17, 15) is 9.90 Å². The summed E-state index contributed by atoms with van der Waals surface area (Å²) >= 11 is 0. The number of carbonyl (C=O) groups is 1. The van der Waals surface area contributed by atoms with Gasteiger partial charge in [-0.1, -0.05) is 0 Å². The van der Waals surface area contributed by atoms with Crippen molar-refractivity contribution >= 4 is 12.1 Å². The van der Waals surface area contributed by atoms with Gasteiger partial charge in [-0.05, 0) is 31.8 Å². The van der Waals surface area contributed by atoms with Gasteiger partial charge in [0.15, 0.2) is 0 Å². The number of nitrogens with zero attached hydrogens (tertiary/aromatic N) is 2. The number of allylic oxidation sites excluding steroid dienone is 1. The van der Waals surface area contributed by atoms with Gasteiger partial charge in [-0.3, -0.25) is 0 Å². The van der Waals surface area contributed by atoms with Crippen LogP contribution in [-0.2, 0) is 4.79 Å². The SMILES string of the molecule is CC1=C(CCO)C(C=O)N2CCCC(O)C2=N1. The summed E-state index contributed by atoms with van der Waals surface area (Å²) in [7, 11) is 0. The third-order valence-electron chi connectivity index (χ3n) is 3.42. The molecule has 0 aliphatic carbocycles. The molecule has 2 rings (SSSR count). The molecule has 0 amide bonds. The standard InChI is InChI=1S/C12H18N2O3/c1-8-9(4-6-15)10(7-16)14-5-2-3-11(17)12(14)13-8/h7,10-11,15,17H,2-6H2,1H3. The van der Waals surface area contributed by atoms with Gasteiger partial charge >= 0.3 is 0 Å². The van der Waals surface area contributed by atoms with Crippen molar-refractivity contribution in [1.29, 1.82) is 0 Å². The molecule has 17 heavy (non-hydrogen) atoms. The number of aliphatic hydroxyl groups is 2. The molecule has 0 spiro atoms. The first-order valence-corrected chi connectivity index (χ1v) is 5.98. The number of aliphatic hydroxyl groups excluding tert-OH is 2. The zero-order chi connectivity index (χ0) is 12.4. The molecule has 0 aromatic carbocycles. The van der Waals surface area contributed by atoms with E-state index in [2.05, 4.69) is 4.99 Å². The quantitative estimate of drug-likeness (QED) is 0.683. The molecular formula is C12H18N2O3. The maximum atomic E-state index is 11.3. The summed E-state index contributed by atoms with van der Waals surface area (Å²) in [6.07, 6.45) is 2.32. The monoisotopic (exact) mass is 238 g/mol. The van der Waals surface area contributed by atoms with Gasteiger partial charge in [-0.15, -0.1) is 0 Å². The van der Waals surface area contributed by atoms with E-state index in [1.54, 1.807) is 0 Å². The van der Waals surface area contributed by atoms with Crippen molar-refractivity contribution in [3.8, 4) is 0 Å². The van der Waals surface area contributed by atoms with Crippen LogP contribution in [0.4, 0.5) is 0 Å². The molecule has 2 atom stereocenters. The Kier molecular flexibility index (Phi) is 3.59. The van der Waals surface area contributed by atoms with Crippen LogP contribution in [0.2, 0.25) is 0 Å². The number of hydrogen-bond acceptors (Lipinski definition) is 5. The lowest BCUT2D eigenvalue weighted by molar-refractivity contribution is -0.110. The summed E-state index contributed by atoms with van der Waals surface area (Å²) in [6.45, 7) is 2.58. The van der Waals surface area contributed by atoms with Gasteiger partial charge in [0, 0.05) is 18.8 Å². The number of rotatable bonds is 3. The highest BCUT2D eigenvalue weighted by molar-refractivity contribution is 5.92. The van der Waals surface area contributed by atoms with Gasteiger partial charge in [0.2, 0.25) is 0 Å². The van der Waals surface area contributed by atoms with E-state index in [-0.39, 0.29) is 12.6 Å². The normalized spacial score (nSPS) is 28.9. The first-order chi connectivity index (χ1) is 8.19. The molecule has 2 unspecified atom stereocenters. The van der Waals surface area contributed by atoms with Gasteiger partial charge in [0.1, 0.15) is 24.3 Å². The smallest absolute Gasteiger partial charge is 0.146 e. The minimum Gasteiger partial charge on any atom is -0.396 e. The zero-order valence-electron chi connectivity index (χ0n) is 9.96. The van der Waals surface area contributed by atoms with Crippen molar-refractivity contribution in [2.45, 2.75) is 38.3 Å². The molecule has 0 saturated carbocycles. The molecule has 1 fully saturated rings. The number of aliphatic imine (C=N–C) groups is 1. The number of carbonyl (C=O) groups excluding carboxylic acids is 1. The molecule has 0 bridgehead atoms. The predicted octanol–water partition coefficient (Wildman–Crippen LogP) is 0.0791. The average Bonchev–Trinajstić information content (AvgIpc) is 2.32. The highest BCUT2D eigenvalue weighted by Gasteiger charge is 2.35. The number of fused-ring (bicyclic) bond motifs is 1. The third-order valence-corrected chi connectivity index (χ3v) is 3.42. The number of piperidine rings is 1. The van der Waals surface area contributed by atoms with Crippen LogP contribution in [0, 0.1) is 0 Å². The van der Waals surface area contributed by atoms with Crippen LogP contribution in [0.5, 0.6) is 0 Å². The summed E-state index contributed by atoms with van der Waals surface area (Å²) in [6, 6.07) is -0.371. The molecule has 0 radical (unpaired) electrons. The van der Waals surface area contributed by atoms with Crippen LogP contribution < -0.4 is 0 Å². The second-order valence-electron chi connectivity index (χ2n) is 4.49. The molecule has 2 N–H and O–H groups in total. The predicted molar refractivity (Wildman–Crippen MR) is 63.6 cm³/mol. The number of amidine groups is 1. The van der Waals surface area contributed by atoms with Gasteiger partial charge < -0.3 is 19.9 Å². The van der Waals surface area contributed by atoms with E-state index >= 15 is 0 Å². The van der Waals surface area contributed by atoms with Gasteiger partial charge in [-0.2, -0.15) is 0 Å². The van der Waals surface area contributed by atoms with Crippen LogP contribution in [-0.4, -0.2) is 52.5 Å². The Morgan fingerprint density at radius 2 is 2.35 bits per heavy atom. The molecular weight excluding hydrogens is 220 g/mol. The van der Waals surface area contributed by atoms with Crippen LogP contribution in [0.1, 0.15) is 26.2 Å². The molecule has 5 nitrogen and oxygen atoms in total. The Bertz CT molecular complexity index is 376. The summed E-state index contributed by atoms with van der Waals surface area (Å²) in [4.78, 5) is 17.5. The Balaban J connectivity index is 2.38. The molecule has 2 aliphatic heterocycles. The van der Waals surface area contributed by atoms with Crippen molar-refractivity contribution in [1.82, 2.24) is 4.90 Å². The fourth-order valence-electron chi connectivity index (χ4n) is 2.56.